The molecule has 0 aromatic heterocycles. The number of anilines is 2. The molecule has 1 heterocycles. The minimum Gasteiger partial charge on any atom is -0.491 e. The first-order valence-corrected chi connectivity index (χ1v) is 11.1. The number of rotatable bonds is 6. The molecule has 1 aliphatic heterocycles. The number of hydrogen-bond donors (Lipinski definition) is 1. The molecule has 0 aliphatic carbocycles. The molecule has 168 valence electrons. The number of hydrogen-bond acceptors (Lipinski definition) is 4. The summed E-state index contributed by atoms with van der Waals surface area (Å²) in [4.78, 5) is 28.4. The van der Waals surface area contributed by atoms with Crippen molar-refractivity contribution < 1.29 is 14.3 Å². The van der Waals surface area contributed by atoms with Crippen molar-refractivity contribution in [2.75, 3.05) is 10.2 Å². The number of aryl methyl sites for hydroxylation is 3. The van der Waals surface area contributed by atoms with Gasteiger partial charge in [-0.3, -0.25) is 9.59 Å². The number of carbonyl (C=O) groups is 2. The molecule has 33 heavy (non-hydrogen) atoms. The smallest absolute Gasteiger partial charge is 0.282 e. The molecule has 2 amide bonds. The quantitative estimate of drug-likeness (QED) is 0.493. The van der Waals surface area contributed by atoms with E-state index >= 15 is 0 Å². The number of para-hydroxylation sites is 1. The van der Waals surface area contributed by atoms with Crippen LogP contribution < -0.4 is 15.0 Å². The van der Waals surface area contributed by atoms with Gasteiger partial charge in [0.15, 0.2) is 0 Å². The molecule has 0 bridgehead atoms. The van der Waals surface area contributed by atoms with Crippen LogP contribution >= 0.6 is 0 Å². The lowest BCUT2D eigenvalue weighted by Gasteiger charge is -2.17. The Kier molecular flexibility index (Phi) is 6.05. The van der Waals surface area contributed by atoms with Gasteiger partial charge in [-0.25, -0.2) is 4.90 Å². The predicted molar refractivity (Wildman–Crippen MR) is 132 cm³/mol. The molecular formula is C28H28N2O3. The van der Waals surface area contributed by atoms with E-state index in [2.05, 4.69) is 5.32 Å². The third-order valence-electron chi connectivity index (χ3n) is 5.75. The normalized spacial score (nSPS) is 13.8. The summed E-state index contributed by atoms with van der Waals surface area (Å²) in [7, 11) is 0. The van der Waals surface area contributed by atoms with Crippen LogP contribution in [-0.2, 0) is 9.59 Å². The summed E-state index contributed by atoms with van der Waals surface area (Å²) in [6, 6.07) is 20.6. The monoisotopic (exact) mass is 440 g/mol. The largest absolute Gasteiger partial charge is 0.491 e. The molecule has 0 spiro atoms. The first-order valence-electron chi connectivity index (χ1n) is 11.1. The molecule has 5 heteroatoms. The third kappa shape index (κ3) is 4.40. The fraction of sp³-hybridized carbons (Fsp3) is 0.214. The molecular weight excluding hydrogens is 412 g/mol. The summed E-state index contributed by atoms with van der Waals surface area (Å²) in [5, 5.41) is 3.25. The summed E-state index contributed by atoms with van der Waals surface area (Å²) >= 11 is 0. The molecule has 0 radical (unpaired) electrons. The molecule has 0 atom stereocenters. The zero-order chi connectivity index (χ0) is 23.7. The summed E-state index contributed by atoms with van der Waals surface area (Å²) < 4.78 is 5.70. The second-order valence-corrected chi connectivity index (χ2v) is 8.60. The van der Waals surface area contributed by atoms with Gasteiger partial charge < -0.3 is 10.1 Å². The Bertz CT molecular complexity index is 1260. The molecule has 0 saturated heterocycles. The van der Waals surface area contributed by atoms with Crippen molar-refractivity contribution in [2.45, 2.75) is 40.7 Å². The van der Waals surface area contributed by atoms with Gasteiger partial charge in [-0.2, -0.15) is 0 Å². The van der Waals surface area contributed by atoms with Crippen molar-refractivity contribution in [1.82, 2.24) is 0 Å². The topological polar surface area (TPSA) is 58.6 Å². The molecule has 3 aromatic carbocycles. The van der Waals surface area contributed by atoms with Crippen LogP contribution in [0, 0.1) is 20.8 Å². The number of nitrogens with one attached hydrogen (secondary N) is 1. The molecule has 4 rings (SSSR count). The fourth-order valence-corrected chi connectivity index (χ4v) is 3.84. The van der Waals surface area contributed by atoms with Crippen molar-refractivity contribution in [1.29, 1.82) is 0 Å². The summed E-state index contributed by atoms with van der Waals surface area (Å²) in [5.41, 5.74) is 5.83. The number of imide groups is 1. The number of nitrogens with zero attached hydrogens (tertiary/aromatic N) is 1. The van der Waals surface area contributed by atoms with Gasteiger partial charge in [0.1, 0.15) is 11.4 Å². The Labute approximate surface area is 194 Å². The van der Waals surface area contributed by atoms with Gasteiger partial charge in [0.2, 0.25) is 0 Å². The third-order valence-corrected chi connectivity index (χ3v) is 5.75. The molecule has 3 aromatic rings. The van der Waals surface area contributed by atoms with Gasteiger partial charge in [-0.15, -0.1) is 0 Å². The number of amides is 2. The maximum absolute atomic E-state index is 13.6. The molecule has 1 N–H and O–H groups in total. The van der Waals surface area contributed by atoms with Gasteiger partial charge in [-0.05, 0) is 87.2 Å². The minimum absolute atomic E-state index is 0.0360. The summed E-state index contributed by atoms with van der Waals surface area (Å²) in [6.45, 7) is 9.88. The van der Waals surface area contributed by atoms with Crippen LogP contribution in [-0.4, -0.2) is 17.9 Å². The zero-order valence-corrected chi connectivity index (χ0v) is 19.6. The van der Waals surface area contributed by atoms with E-state index in [9.17, 15) is 9.59 Å². The van der Waals surface area contributed by atoms with Crippen molar-refractivity contribution in [3.63, 3.8) is 0 Å². The first kappa shape index (κ1) is 22.3. The van der Waals surface area contributed by atoms with E-state index in [4.69, 9.17) is 4.74 Å². The zero-order valence-electron chi connectivity index (χ0n) is 19.6. The van der Waals surface area contributed by atoms with Crippen LogP contribution in [0.5, 0.6) is 5.75 Å². The Hall–Kier alpha value is -3.86. The maximum atomic E-state index is 13.6. The molecule has 0 unspecified atom stereocenters. The lowest BCUT2D eigenvalue weighted by atomic mass is 9.99. The van der Waals surface area contributed by atoms with Crippen LogP contribution in [0.2, 0.25) is 0 Å². The highest BCUT2D eigenvalue weighted by Gasteiger charge is 2.40. The Morgan fingerprint density at radius 1 is 0.788 bits per heavy atom. The average molecular weight is 441 g/mol. The minimum atomic E-state index is -0.381. The van der Waals surface area contributed by atoms with Gasteiger partial charge in [0.05, 0.1) is 17.4 Å². The van der Waals surface area contributed by atoms with Crippen molar-refractivity contribution in [2.24, 2.45) is 0 Å². The second kappa shape index (κ2) is 8.94. The van der Waals surface area contributed by atoms with Crippen molar-refractivity contribution >= 4 is 28.8 Å². The summed E-state index contributed by atoms with van der Waals surface area (Å²) in [6.07, 6.45) is 0.0360. The van der Waals surface area contributed by atoms with Gasteiger partial charge in [0.25, 0.3) is 11.8 Å². The summed E-state index contributed by atoms with van der Waals surface area (Å²) in [5.74, 6) is -0.0423. The second-order valence-electron chi connectivity index (χ2n) is 8.60. The van der Waals surface area contributed by atoms with E-state index in [0.717, 1.165) is 27.9 Å². The van der Waals surface area contributed by atoms with E-state index in [-0.39, 0.29) is 23.6 Å². The van der Waals surface area contributed by atoms with Gasteiger partial charge in [0, 0.05) is 5.69 Å². The standard InChI is InChI=1S/C28H28N2O3/c1-17(2)33-23-14-12-22(13-15-23)30-27(31)25(21-11-10-18(3)20(5)16-21)26(28(30)32)29-24-9-7-6-8-19(24)4/h6-17,29H,1-5H3. The van der Waals surface area contributed by atoms with E-state index in [1.807, 2.05) is 77.1 Å². The highest BCUT2D eigenvalue weighted by molar-refractivity contribution is 6.46. The molecule has 5 nitrogen and oxygen atoms in total. The number of ether oxygens (including phenoxy) is 1. The van der Waals surface area contributed by atoms with Crippen LogP contribution in [0.1, 0.15) is 36.1 Å². The van der Waals surface area contributed by atoms with Crippen LogP contribution in [0.15, 0.2) is 72.4 Å². The molecule has 0 saturated carbocycles. The fourth-order valence-electron chi connectivity index (χ4n) is 3.84. The van der Waals surface area contributed by atoms with Crippen LogP contribution in [0.25, 0.3) is 5.57 Å². The highest BCUT2D eigenvalue weighted by Crippen LogP contribution is 2.35. The van der Waals surface area contributed by atoms with E-state index in [1.165, 1.54) is 4.90 Å². The first-order chi connectivity index (χ1) is 15.8. The molecule has 0 fully saturated rings. The number of benzene rings is 3. The van der Waals surface area contributed by atoms with E-state index in [0.29, 0.717) is 17.0 Å². The Morgan fingerprint density at radius 3 is 2.12 bits per heavy atom. The van der Waals surface area contributed by atoms with Crippen molar-refractivity contribution in [3.8, 4) is 5.75 Å². The van der Waals surface area contributed by atoms with E-state index < -0.39 is 0 Å². The van der Waals surface area contributed by atoms with E-state index in [1.54, 1.807) is 24.3 Å². The molecule has 1 aliphatic rings. The highest BCUT2D eigenvalue weighted by atomic mass is 16.5. The maximum Gasteiger partial charge on any atom is 0.282 e. The van der Waals surface area contributed by atoms with Gasteiger partial charge in [-0.1, -0.05) is 36.4 Å². The van der Waals surface area contributed by atoms with Gasteiger partial charge >= 0.3 is 0 Å². The average Bonchev–Trinajstić information content (AvgIpc) is 3.01. The van der Waals surface area contributed by atoms with Crippen LogP contribution in [0.3, 0.4) is 0 Å². The Morgan fingerprint density at radius 2 is 1.48 bits per heavy atom. The number of carbonyl (C=O) groups excluding carboxylic acids is 2. The van der Waals surface area contributed by atoms with Crippen molar-refractivity contribution in [3.05, 3.63) is 94.7 Å². The predicted octanol–water partition coefficient (Wildman–Crippen LogP) is 5.80. The lowest BCUT2D eigenvalue weighted by molar-refractivity contribution is -0.120. The van der Waals surface area contributed by atoms with Crippen LogP contribution in [0.4, 0.5) is 11.4 Å². The Balaban J connectivity index is 1.78. The lowest BCUT2D eigenvalue weighted by Crippen LogP contribution is -2.32. The SMILES string of the molecule is Cc1ccc(C2=C(Nc3ccccc3C)C(=O)N(c3ccc(OC(C)C)cc3)C2=O)cc1C.